The zero-order chi connectivity index (χ0) is 13.5. The molecule has 102 valence electrons. The van der Waals surface area contributed by atoms with Gasteiger partial charge in [0.15, 0.2) is 0 Å². The Morgan fingerprint density at radius 3 is 2.50 bits per heavy atom. The minimum atomic E-state index is -0.129. The second-order valence-electron chi connectivity index (χ2n) is 4.61. The van der Waals surface area contributed by atoms with E-state index >= 15 is 0 Å². The Morgan fingerprint density at radius 2 is 1.94 bits per heavy atom. The zero-order valence-corrected chi connectivity index (χ0v) is 13.0. The van der Waals surface area contributed by atoms with E-state index in [2.05, 4.69) is 46.7 Å². The van der Waals surface area contributed by atoms with Crippen LogP contribution in [0.25, 0.3) is 0 Å². The van der Waals surface area contributed by atoms with Gasteiger partial charge in [-0.25, -0.2) is 4.39 Å². The molecule has 4 heteroatoms. The molecule has 0 aliphatic heterocycles. The van der Waals surface area contributed by atoms with Crippen molar-refractivity contribution in [1.82, 2.24) is 4.90 Å². The van der Waals surface area contributed by atoms with E-state index in [9.17, 15) is 4.39 Å². The quantitative estimate of drug-likeness (QED) is 0.710. The summed E-state index contributed by atoms with van der Waals surface area (Å²) in [4.78, 5) is 4.41. The van der Waals surface area contributed by atoms with Gasteiger partial charge in [0.05, 0.1) is 0 Å². The molecule has 2 nitrogen and oxygen atoms in total. The van der Waals surface area contributed by atoms with Crippen molar-refractivity contribution in [3.8, 4) is 0 Å². The van der Waals surface area contributed by atoms with Gasteiger partial charge in [0.25, 0.3) is 0 Å². The van der Waals surface area contributed by atoms with Crippen LogP contribution in [0.5, 0.6) is 0 Å². The van der Waals surface area contributed by atoms with Crippen LogP contribution >= 0.6 is 15.9 Å². The minimum Gasteiger partial charge on any atom is -0.371 e. The molecule has 0 aromatic heterocycles. The van der Waals surface area contributed by atoms with Gasteiger partial charge in [0.2, 0.25) is 0 Å². The molecule has 0 saturated carbocycles. The van der Waals surface area contributed by atoms with Crippen LogP contribution in [0.4, 0.5) is 10.1 Å². The maximum Gasteiger partial charge on any atom is 0.129 e. The number of hydrogen-bond acceptors (Lipinski definition) is 2. The van der Waals surface area contributed by atoms with E-state index in [1.165, 1.54) is 6.07 Å². The topological polar surface area (TPSA) is 6.48 Å². The molecule has 0 atom stereocenters. The fourth-order valence-corrected chi connectivity index (χ4v) is 2.56. The van der Waals surface area contributed by atoms with Gasteiger partial charge < -0.3 is 9.80 Å². The Balaban J connectivity index is 2.78. The van der Waals surface area contributed by atoms with E-state index in [4.69, 9.17) is 0 Å². The maximum atomic E-state index is 13.7. The Bertz CT molecular complexity index is 369. The lowest BCUT2D eigenvalue weighted by Crippen LogP contribution is -2.28. The van der Waals surface area contributed by atoms with Gasteiger partial charge in [-0.2, -0.15) is 0 Å². The van der Waals surface area contributed by atoms with Crippen molar-refractivity contribution in [2.24, 2.45) is 0 Å². The summed E-state index contributed by atoms with van der Waals surface area (Å²) in [5.74, 6) is -0.129. The second kappa shape index (κ2) is 7.74. The minimum absolute atomic E-state index is 0.129. The van der Waals surface area contributed by atoms with Crippen LogP contribution in [0.1, 0.15) is 18.9 Å². The van der Waals surface area contributed by atoms with Crippen molar-refractivity contribution in [3.05, 3.63) is 29.6 Å². The Morgan fingerprint density at radius 1 is 1.22 bits per heavy atom. The number of benzene rings is 1. The van der Waals surface area contributed by atoms with Crippen molar-refractivity contribution in [2.45, 2.75) is 18.7 Å². The Labute approximate surface area is 118 Å². The van der Waals surface area contributed by atoms with Gasteiger partial charge in [-0.1, -0.05) is 22.0 Å². The zero-order valence-electron chi connectivity index (χ0n) is 11.4. The molecule has 18 heavy (non-hydrogen) atoms. The number of nitrogens with zero attached hydrogens (tertiary/aromatic N) is 2. The largest absolute Gasteiger partial charge is 0.371 e. The predicted octanol–water partition coefficient (Wildman–Crippen LogP) is 3.50. The van der Waals surface area contributed by atoms with Crippen molar-refractivity contribution in [1.29, 1.82) is 0 Å². The van der Waals surface area contributed by atoms with E-state index in [-0.39, 0.29) is 5.82 Å². The van der Waals surface area contributed by atoms with Gasteiger partial charge in [-0.15, -0.1) is 0 Å². The summed E-state index contributed by atoms with van der Waals surface area (Å²) < 4.78 is 13.7. The van der Waals surface area contributed by atoms with Gasteiger partial charge in [0, 0.05) is 29.7 Å². The average molecular weight is 317 g/mol. The van der Waals surface area contributed by atoms with Crippen LogP contribution in [0, 0.1) is 5.82 Å². The van der Waals surface area contributed by atoms with Crippen LogP contribution in [0.3, 0.4) is 0 Å². The number of hydrogen-bond donors (Lipinski definition) is 0. The molecule has 0 unspecified atom stereocenters. The lowest BCUT2D eigenvalue weighted by atomic mass is 10.1. The first-order chi connectivity index (χ1) is 8.60. The first-order valence-electron chi connectivity index (χ1n) is 6.33. The Hall–Kier alpha value is -0.610. The summed E-state index contributed by atoms with van der Waals surface area (Å²) in [6.45, 7) is 5.02. The van der Waals surface area contributed by atoms with Crippen molar-refractivity contribution in [3.63, 3.8) is 0 Å². The average Bonchev–Trinajstić information content (AvgIpc) is 2.34. The molecule has 0 heterocycles. The molecule has 0 fully saturated rings. The summed E-state index contributed by atoms with van der Waals surface area (Å²) in [5.41, 5.74) is 1.76. The van der Waals surface area contributed by atoms with Crippen LogP contribution in [-0.4, -0.2) is 38.6 Å². The summed E-state index contributed by atoms with van der Waals surface area (Å²) in [6, 6.07) is 5.30. The number of alkyl halides is 1. The highest BCUT2D eigenvalue weighted by atomic mass is 79.9. The molecule has 0 N–H and O–H groups in total. The molecule has 1 rings (SSSR count). The van der Waals surface area contributed by atoms with Crippen LogP contribution in [-0.2, 0) is 5.33 Å². The molecule has 0 radical (unpaired) electrons. The molecule has 0 spiro atoms. The molecule has 0 aliphatic carbocycles. The molecular weight excluding hydrogens is 295 g/mol. The van der Waals surface area contributed by atoms with E-state index in [1.807, 2.05) is 6.07 Å². The van der Waals surface area contributed by atoms with Crippen molar-refractivity contribution < 1.29 is 4.39 Å². The highest BCUT2D eigenvalue weighted by molar-refractivity contribution is 9.08. The summed E-state index contributed by atoms with van der Waals surface area (Å²) in [7, 11) is 4.14. The molecule has 1 aromatic carbocycles. The van der Waals surface area contributed by atoms with E-state index in [0.717, 1.165) is 37.3 Å². The van der Waals surface area contributed by atoms with Crippen molar-refractivity contribution in [2.75, 3.05) is 38.6 Å². The molecule has 0 bridgehead atoms. The summed E-state index contributed by atoms with van der Waals surface area (Å²) in [5, 5.41) is 0.555. The molecule has 1 aromatic rings. The van der Waals surface area contributed by atoms with Gasteiger partial charge in [0.1, 0.15) is 5.82 Å². The third-order valence-corrected chi connectivity index (χ3v) is 3.54. The monoisotopic (exact) mass is 316 g/mol. The Kier molecular flexibility index (Phi) is 6.65. The van der Waals surface area contributed by atoms with E-state index in [1.54, 1.807) is 6.07 Å². The van der Waals surface area contributed by atoms with E-state index < -0.39 is 0 Å². The summed E-state index contributed by atoms with van der Waals surface area (Å²) >= 11 is 3.37. The highest BCUT2D eigenvalue weighted by Gasteiger charge is 2.12. The highest BCUT2D eigenvalue weighted by Crippen LogP contribution is 2.25. The number of rotatable bonds is 7. The van der Waals surface area contributed by atoms with Crippen molar-refractivity contribution >= 4 is 21.6 Å². The normalized spacial score (nSPS) is 11.0. The van der Waals surface area contributed by atoms with Crippen LogP contribution in [0.2, 0.25) is 0 Å². The first kappa shape index (κ1) is 15.4. The van der Waals surface area contributed by atoms with E-state index in [0.29, 0.717) is 5.33 Å². The molecule has 0 amide bonds. The lowest BCUT2D eigenvalue weighted by Gasteiger charge is -2.26. The predicted molar refractivity (Wildman–Crippen MR) is 80.1 cm³/mol. The molecular formula is C14H22BrFN2. The smallest absolute Gasteiger partial charge is 0.129 e. The van der Waals surface area contributed by atoms with Gasteiger partial charge in [-0.3, -0.25) is 0 Å². The number of halogens is 2. The van der Waals surface area contributed by atoms with Crippen LogP contribution in [0.15, 0.2) is 18.2 Å². The first-order valence-corrected chi connectivity index (χ1v) is 7.45. The second-order valence-corrected chi connectivity index (χ2v) is 5.17. The SMILES string of the molecule is CCN(CCCN(C)C)c1cccc(F)c1CBr. The molecule has 0 aliphatic rings. The standard InChI is InChI=1S/C14H22BrFN2/c1-4-18(10-6-9-17(2)3)14-8-5-7-13(16)12(14)11-15/h5,7-8H,4,6,9-11H2,1-3H3. The fraction of sp³-hybridized carbons (Fsp3) is 0.571. The third kappa shape index (κ3) is 4.25. The van der Waals surface area contributed by atoms with Gasteiger partial charge >= 0.3 is 0 Å². The summed E-state index contributed by atoms with van der Waals surface area (Å²) in [6.07, 6.45) is 1.08. The number of anilines is 1. The maximum absolute atomic E-state index is 13.7. The lowest BCUT2D eigenvalue weighted by molar-refractivity contribution is 0.400. The van der Waals surface area contributed by atoms with Crippen LogP contribution < -0.4 is 4.90 Å². The third-order valence-electron chi connectivity index (χ3n) is 2.98. The van der Waals surface area contributed by atoms with Gasteiger partial charge in [-0.05, 0) is 46.1 Å². The molecule has 0 saturated heterocycles. The fourth-order valence-electron chi connectivity index (χ4n) is 2.00.